The van der Waals surface area contributed by atoms with Crippen LogP contribution in [0, 0.1) is 0 Å². The zero-order chi connectivity index (χ0) is 13.8. The van der Waals surface area contributed by atoms with Crippen molar-refractivity contribution in [3.8, 4) is 0 Å². The van der Waals surface area contributed by atoms with Crippen LogP contribution in [0.4, 0.5) is 0 Å². The SMILES string of the molecule is CC.CC.O=S1CCN(Cc2ccccc2)CC1. The zero-order valence-electron chi connectivity index (χ0n) is 12.2. The van der Waals surface area contributed by atoms with E-state index in [1.54, 1.807) is 0 Å². The van der Waals surface area contributed by atoms with Gasteiger partial charge in [0.05, 0.1) is 0 Å². The van der Waals surface area contributed by atoms with Gasteiger partial charge in [0.1, 0.15) is 0 Å². The highest BCUT2D eigenvalue weighted by Gasteiger charge is 2.14. The van der Waals surface area contributed by atoms with Crippen molar-refractivity contribution in [3.63, 3.8) is 0 Å². The molecule has 1 heterocycles. The first-order valence-electron chi connectivity index (χ1n) is 6.96. The topological polar surface area (TPSA) is 20.3 Å². The Labute approximate surface area is 115 Å². The maximum atomic E-state index is 11.1. The Morgan fingerprint density at radius 3 is 2.00 bits per heavy atom. The van der Waals surface area contributed by atoms with E-state index < -0.39 is 10.8 Å². The third-order valence-electron chi connectivity index (χ3n) is 2.52. The van der Waals surface area contributed by atoms with Crippen LogP contribution in [-0.4, -0.2) is 33.7 Å². The smallest absolute Gasteiger partial charge is 0.0363 e. The minimum absolute atomic E-state index is 0.561. The van der Waals surface area contributed by atoms with Gasteiger partial charge in [0.2, 0.25) is 0 Å². The second-order valence-corrected chi connectivity index (χ2v) is 5.31. The van der Waals surface area contributed by atoms with Gasteiger partial charge in [-0.2, -0.15) is 0 Å². The first-order chi connectivity index (χ1) is 8.84. The maximum absolute atomic E-state index is 11.1. The molecule has 1 aromatic carbocycles. The molecule has 2 nitrogen and oxygen atoms in total. The Kier molecular flexibility index (Phi) is 11.0. The molecule has 104 valence electrons. The molecule has 1 aromatic rings. The Morgan fingerprint density at radius 1 is 1.00 bits per heavy atom. The van der Waals surface area contributed by atoms with Gasteiger partial charge >= 0.3 is 0 Å². The number of rotatable bonds is 2. The van der Waals surface area contributed by atoms with E-state index in [1.165, 1.54) is 5.56 Å². The molecule has 1 aliphatic heterocycles. The van der Waals surface area contributed by atoms with E-state index in [-0.39, 0.29) is 0 Å². The first kappa shape index (κ1) is 17.3. The lowest BCUT2D eigenvalue weighted by Crippen LogP contribution is -2.37. The molecule has 0 unspecified atom stereocenters. The van der Waals surface area contributed by atoms with E-state index >= 15 is 0 Å². The molecule has 1 fully saturated rings. The maximum Gasteiger partial charge on any atom is 0.0363 e. The molecule has 0 amide bonds. The molecular weight excluding hydrogens is 242 g/mol. The molecule has 3 heteroatoms. The molecule has 1 aliphatic rings. The molecule has 2 rings (SSSR count). The van der Waals surface area contributed by atoms with Gasteiger partial charge in [0.15, 0.2) is 0 Å². The van der Waals surface area contributed by atoms with Crippen molar-refractivity contribution in [3.05, 3.63) is 35.9 Å². The molecule has 0 atom stereocenters. The van der Waals surface area contributed by atoms with E-state index in [1.807, 2.05) is 33.8 Å². The Balaban J connectivity index is 0.000000659. The lowest BCUT2D eigenvalue weighted by molar-refractivity contribution is 0.291. The van der Waals surface area contributed by atoms with Crippen LogP contribution in [0.3, 0.4) is 0 Å². The largest absolute Gasteiger partial charge is 0.297 e. The summed E-state index contributed by atoms with van der Waals surface area (Å²) in [5, 5.41) is 0. The summed E-state index contributed by atoms with van der Waals surface area (Å²) in [5.74, 6) is 1.68. The summed E-state index contributed by atoms with van der Waals surface area (Å²) in [4.78, 5) is 2.37. The summed E-state index contributed by atoms with van der Waals surface area (Å²) in [6.45, 7) is 10.9. The van der Waals surface area contributed by atoms with Crippen LogP contribution >= 0.6 is 0 Å². The van der Waals surface area contributed by atoms with Gasteiger partial charge in [-0.15, -0.1) is 0 Å². The van der Waals surface area contributed by atoms with Crippen molar-refractivity contribution in [2.24, 2.45) is 0 Å². The van der Waals surface area contributed by atoms with E-state index in [0.29, 0.717) is 0 Å². The molecule has 0 bridgehead atoms. The van der Waals surface area contributed by atoms with Crippen LogP contribution in [0.25, 0.3) is 0 Å². The molecule has 1 saturated heterocycles. The van der Waals surface area contributed by atoms with E-state index in [4.69, 9.17) is 0 Å². The molecule has 0 aliphatic carbocycles. The standard InChI is InChI=1S/C11H15NOS.2C2H6/c13-14-8-6-12(7-9-14)10-11-4-2-1-3-5-11;2*1-2/h1-5H,6-10H2;2*1-2H3. The van der Waals surface area contributed by atoms with Crippen LogP contribution < -0.4 is 0 Å². The molecular formula is C15H27NOS. The summed E-state index contributed by atoms with van der Waals surface area (Å²) < 4.78 is 11.1. The van der Waals surface area contributed by atoms with Crippen molar-refractivity contribution < 1.29 is 4.21 Å². The highest BCUT2D eigenvalue weighted by atomic mass is 32.2. The summed E-state index contributed by atoms with van der Waals surface area (Å²) in [7, 11) is -0.561. The predicted molar refractivity (Wildman–Crippen MR) is 82.3 cm³/mol. The summed E-state index contributed by atoms with van der Waals surface area (Å²) in [6.07, 6.45) is 0. The number of benzene rings is 1. The van der Waals surface area contributed by atoms with Crippen LogP contribution in [0.2, 0.25) is 0 Å². The van der Waals surface area contributed by atoms with Crippen LogP contribution in [-0.2, 0) is 17.3 Å². The third kappa shape index (κ3) is 6.92. The highest BCUT2D eigenvalue weighted by Crippen LogP contribution is 2.07. The average Bonchev–Trinajstić information content (AvgIpc) is 2.47. The van der Waals surface area contributed by atoms with Gasteiger partial charge in [-0.1, -0.05) is 58.0 Å². The Morgan fingerprint density at radius 2 is 1.50 bits per heavy atom. The van der Waals surface area contributed by atoms with Gasteiger partial charge in [-0.3, -0.25) is 9.11 Å². The number of nitrogens with zero attached hydrogens (tertiary/aromatic N) is 1. The quantitative estimate of drug-likeness (QED) is 0.821. The molecule has 18 heavy (non-hydrogen) atoms. The predicted octanol–water partition coefficient (Wildman–Crippen LogP) is 3.30. The third-order valence-corrected chi connectivity index (χ3v) is 3.80. The summed E-state index contributed by atoms with van der Waals surface area (Å²) >= 11 is 0. The molecule has 0 N–H and O–H groups in total. The van der Waals surface area contributed by atoms with Crippen molar-refractivity contribution in [2.75, 3.05) is 24.6 Å². The van der Waals surface area contributed by atoms with Gasteiger partial charge < -0.3 is 0 Å². The zero-order valence-corrected chi connectivity index (χ0v) is 13.0. The van der Waals surface area contributed by atoms with Gasteiger partial charge in [0, 0.05) is 41.9 Å². The Hall–Kier alpha value is -0.670. The van der Waals surface area contributed by atoms with Crippen LogP contribution in [0.5, 0.6) is 0 Å². The fraction of sp³-hybridized carbons (Fsp3) is 0.600. The van der Waals surface area contributed by atoms with Crippen molar-refractivity contribution in [1.82, 2.24) is 4.90 Å². The van der Waals surface area contributed by atoms with E-state index in [0.717, 1.165) is 31.1 Å². The van der Waals surface area contributed by atoms with Crippen molar-refractivity contribution in [2.45, 2.75) is 34.2 Å². The molecule has 0 saturated carbocycles. The summed E-state index contributed by atoms with van der Waals surface area (Å²) in [6, 6.07) is 10.5. The normalized spacial score (nSPS) is 16.0. The Bertz CT molecular complexity index is 304. The first-order valence-corrected chi connectivity index (χ1v) is 8.44. The fourth-order valence-corrected chi connectivity index (χ4v) is 2.80. The monoisotopic (exact) mass is 269 g/mol. The minimum Gasteiger partial charge on any atom is -0.297 e. The van der Waals surface area contributed by atoms with Crippen LogP contribution in [0.1, 0.15) is 33.3 Å². The second-order valence-electron chi connectivity index (χ2n) is 3.61. The van der Waals surface area contributed by atoms with Gasteiger partial charge in [-0.05, 0) is 5.56 Å². The average molecular weight is 269 g/mol. The second kappa shape index (κ2) is 11.4. The number of hydrogen-bond donors (Lipinski definition) is 0. The van der Waals surface area contributed by atoms with Crippen LogP contribution in [0.15, 0.2) is 30.3 Å². The van der Waals surface area contributed by atoms with Crippen molar-refractivity contribution >= 4 is 10.8 Å². The highest BCUT2D eigenvalue weighted by molar-refractivity contribution is 7.85. The summed E-state index contributed by atoms with van der Waals surface area (Å²) in [5.41, 5.74) is 1.35. The van der Waals surface area contributed by atoms with Crippen molar-refractivity contribution in [1.29, 1.82) is 0 Å². The van der Waals surface area contributed by atoms with E-state index in [9.17, 15) is 4.21 Å². The number of hydrogen-bond acceptors (Lipinski definition) is 2. The minimum atomic E-state index is -0.561. The molecule has 0 spiro atoms. The van der Waals surface area contributed by atoms with Gasteiger partial charge in [-0.25, -0.2) is 0 Å². The molecule has 0 radical (unpaired) electrons. The molecule has 0 aromatic heterocycles. The van der Waals surface area contributed by atoms with E-state index in [2.05, 4.69) is 29.2 Å². The fourth-order valence-electron chi connectivity index (χ4n) is 1.68. The lowest BCUT2D eigenvalue weighted by atomic mass is 10.2. The lowest BCUT2D eigenvalue weighted by Gasteiger charge is -2.25. The van der Waals surface area contributed by atoms with Gasteiger partial charge in [0.25, 0.3) is 0 Å².